The van der Waals surface area contributed by atoms with E-state index in [-0.39, 0.29) is 6.04 Å². The molecule has 0 bridgehead atoms. The van der Waals surface area contributed by atoms with Gasteiger partial charge in [-0.2, -0.15) is 4.98 Å². The minimum absolute atomic E-state index is 0.166. The number of nitrogens with one attached hydrogen (secondary N) is 1. The molecule has 2 heterocycles. The van der Waals surface area contributed by atoms with Crippen LogP contribution in [0, 0.1) is 0 Å². The van der Waals surface area contributed by atoms with Crippen LogP contribution in [0.4, 0.5) is 0 Å². The van der Waals surface area contributed by atoms with E-state index in [2.05, 4.69) is 45.7 Å². The Kier molecular flexibility index (Phi) is 4.57. The van der Waals surface area contributed by atoms with Gasteiger partial charge in [-0.05, 0) is 37.4 Å². The fraction of sp³-hybridized carbons (Fsp3) is 0.467. The molecule has 3 rings (SSSR count). The average molecular weight is 304 g/mol. The first kappa shape index (κ1) is 14.6. The number of thioether (sulfide) groups is 1. The van der Waals surface area contributed by atoms with Crippen LogP contribution >= 0.6 is 11.8 Å². The Balaban J connectivity index is 1.75. The predicted octanol–water partition coefficient (Wildman–Crippen LogP) is 2.42. The molecule has 1 unspecified atom stereocenters. The summed E-state index contributed by atoms with van der Waals surface area (Å²) in [6.07, 6.45) is 2.07. The summed E-state index contributed by atoms with van der Waals surface area (Å²) in [5.41, 5.74) is 0.996. The lowest BCUT2D eigenvalue weighted by molar-refractivity contribution is 0.154. The van der Waals surface area contributed by atoms with Gasteiger partial charge in [0.05, 0.1) is 6.04 Å². The number of nitrogens with zero attached hydrogens (tertiary/aromatic N) is 3. The van der Waals surface area contributed by atoms with E-state index in [0.717, 1.165) is 31.7 Å². The molecule has 1 atom stereocenters. The van der Waals surface area contributed by atoms with E-state index in [1.165, 1.54) is 4.90 Å². The molecule has 0 radical (unpaired) electrons. The normalized spacial score (nSPS) is 17.8. The highest BCUT2D eigenvalue weighted by Gasteiger charge is 2.23. The average Bonchev–Trinajstić information content (AvgIpc) is 3.05. The van der Waals surface area contributed by atoms with Crippen molar-refractivity contribution in [3.63, 3.8) is 0 Å². The molecule has 5 nitrogen and oxygen atoms in total. The van der Waals surface area contributed by atoms with Crippen LogP contribution in [0.15, 0.2) is 33.7 Å². The molecule has 1 aliphatic rings. The van der Waals surface area contributed by atoms with Crippen LogP contribution < -0.4 is 5.32 Å². The van der Waals surface area contributed by atoms with Gasteiger partial charge in [-0.1, -0.05) is 5.16 Å². The van der Waals surface area contributed by atoms with Crippen molar-refractivity contribution in [3.8, 4) is 11.4 Å². The van der Waals surface area contributed by atoms with Gasteiger partial charge in [0.15, 0.2) is 0 Å². The summed E-state index contributed by atoms with van der Waals surface area (Å²) in [5.74, 6) is 1.36. The zero-order valence-electron chi connectivity index (χ0n) is 12.4. The van der Waals surface area contributed by atoms with E-state index in [4.69, 9.17) is 4.52 Å². The maximum absolute atomic E-state index is 5.46. The fourth-order valence-electron chi connectivity index (χ4n) is 2.49. The second kappa shape index (κ2) is 6.60. The van der Waals surface area contributed by atoms with E-state index in [9.17, 15) is 0 Å². The van der Waals surface area contributed by atoms with Crippen molar-refractivity contribution in [2.75, 3.05) is 32.4 Å². The van der Waals surface area contributed by atoms with Crippen LogP contribution in [0.5, 0.6) is 0 Å². The maximum atomic E-state index is 5.46. The summed E-state index contributed by atoms with van der Waals surface area (Å²) in [6, 6.07) is 8.40. The summed E-state index contributed by atoms with van der Waals surface area (Å²) in [5, 5.41) is 7.48. The van der Waals surface area contributed by atoms with Crippen molar-refractivity contribution in [1.82, 2.24) is 20.4 Å². The van der Waals surface area contributed by atoms with E-state index in [1.54, 1.807) is 11.8 Å². The lowest BCUT2D eigenvalue weighted by Crippen LogP contribution is -2.44. The number of piperazine rings is 1. The number of hydrogen-bond acceptors (Lipinski definition) is 6. The number of hydrogen-bond donors (Lipinski definition) is 1. The first-order valence-corrected chi connectivity index (χ1v) is 8.43. The van der Waals surface area contributed by atoms with Gasteiger partial charge < -0.3 is 9.84 Å². The minimum Gasteiger partial charge on any atom is -0.337 e. The maximum Gasteiger partial charge on any atom is 0.244 e. The van der Waals surface area contributed by atoms with Gasteiger partial charge in [0.1, 0.15) is 0 Å². The minimum atomic E-state index is 0.166. The zero-order valence-corrected chi connectivity index (χ0v) is 13.2. The number of benzene rings is 1. The molecule has 0 saturated carbocycles. The van der Waals surface area contributed by atoms with Crippen LogP contribution in [0.2, 0.25) is 0 Å². The molecule has 1 aliphatic heterocycles. The Bertz CT molecular complexity index is 578. The molecular weight excluding hydrogens is 284 g/mol. The van der Waals surface area contributed by atoms with Gasteiger partial charge in [0.2, 0.25) is 11.7 Å². The van der Waals surface area contributed by atoms with Crippen LogP contribution in [-0.2, 0) is 0 Å². The number of aromatic nitrogens is 2. The van der Waals surface area contributed by atoms with Crippen molar-refractivity contribution in [2.24, 2.45) is 0 Å². The fourth-order valence-corrected chi connectivity index (χ4v) is 2.90. The van der Waals surface area contributed by atoms with Crippen molar-refractivity contribution >= 4 is 11.8 Å². The number of rotatable bonds is 4. The molecule has 0 spiro atoms. The van der Waals surface area contributed by atoms with Crippen molar-refractivity contribution < 1.29 is 4.52 Å². The van der Waals surface area contributed by atoms with Gasteiger partial charge >= 0.3 is 0 Å². The molecule has 1 fully saturated rings. The van der Waals surface area contributed by atoms with Crippen molar-refractivity contribution in [3.05, 3.63) is 30.2 Å². The third-order valence-corrected chi connectivity index (χ3v) is 4.59. The third-order valence-electron chi connectivity index (χ3n) is 3.85. The SMILES string of the molecule is CSc1ccc(-c2noc(C(C)N3CCNCC3)n2)cc1. The molecule has 6 heteroatoms. The van der Waals surface area contributed by atoms with E-state index in [0.29, 0.717) is 11.7 Å². The molecule has 0 aliphatic carbocycles. The van der Waals surface area contributed by atoms with E-state index < -0.39 is 0 Å². The largest absolute Gasteiger partial charge is 0.337 e. The molecule has 1 saturated heterocycles. The van der Waals surface area contributed by atoms with Gasteiger partial charge in [0, 0.05) is 36.6 Å². The molecule has 1 N–H and O–H groups in total. The lowest BCUT2D eigenvalue weighted by Gasteiger charge is -2.30. The Morgan fingerprint density at radius 2 is 1.95 bits per heavy atom. The zero-order chi connectivity index (χ0) is 14.7. The monoisotopic (exact) mass is 304 g/mol. The highest BCUT2D eigenvalue weighted by molar-refractivity contribution is 7.98. The quantitative estimate of drug-likeness (QED) is 0.876. The second-order valence-corrected chi connectivity index (χ2v) is 6.03. The Hall–Kier alpha value is -1.37. The Labute approximate surface area is 129 Å². The van der Waals surface area contributed by atoms with Crippen LogP contribution in [0.3, 0.4) is 0 Å². The third kappa shape index (κ3) is 3.28. The molecule has 1 aromatic heterocycles. The molecule has 0 amide bonds. The second-order valence-electron chi connectivity index (χ2n) is 5.15. The van der Waals surface area contributed by atoms with Gasteiger partial charge in [-0.25, -0.2) is 0 Å². The Morgan fingerprint density at radius 3 is 2.62 bits per heavy atom. The van der Waals surface area contributed by atoms with Crippen molar-refractivity contribution in [2.45, 2.75) is 17.9 Å². The lowest BCUT2D eigenvalue weighted by atomic mass is 10.2. The predicted molar refractivity (Wildman–Crippen MR) is 84.4 cm³/mol. The molecule has 112 valence electrons. The highest BCUT2D eigenvalue weighted by Crippen LogP contribution is 2.24. The Morgan fingerprint density at radius 1 is 1.24 bits per heavy atom. The molecular formula is C15H20N4OS. The van der Waals surface area contributed by atoms with Crippen LogP contribution in [0.1, 0.15) is 18.9 Å². The van der Waals surface area contributed by atoms with Crippen molar-refractivity contribution in [1.29, 1.82) is 0 Å². The summed E-state index contributed by atoms with van der Waals surface area (Å²) >= 11 is 1.72. The highest BCUT2D eigenvalue weighted by atomic mass is 32.2. The summed E-state index contributed by atoms with van der Waals surface area (Å²) in [6.45, 7) is 6.19. The van der Waals surface area contributed by atoms with Gasteiger partial charge in [-0.15, -0.1) is 11.8 Å². The first-order chi connectivity index (χ1) is 10.3. The van der Waals surface area contributed by atoms with Gasteiger partial charge in [0.25, 0.3) is 0 Å². The smallest absolute Gasteiger partial charge is 0.244 e. The summed E-state index contributed by atoms with van der Waals surface area (Å²) in [4.78, 5) is 8.16. The summed E-state index contributed by atoms with van der Waals surface area (Å²) < 4.78 is 5.46. The molecule has 2 aromatic rings. The summed E-state index contributed by atoms with van der Waals surface area (Å²) in [7, 11) is 0. The van der Waals surface area contributed by atoms with Crippen LogP contribution in [0.25, 0.3) is 11.4 Å². The van der Waals surface area contributed by atoms with E-state index in [1.807, 2.05) is 12.1 Å². The molecule has 1 aromatic carbocycles. The topological polar surface area (TPSA) is 54.2 Å². The molecule has 21 heavy (non-hydrogen) atoms. The standard InChI is InChI=1S/C15H20N4OS/c1-11(19-9-7-16-8-10-19)15-17-14(18-20-15)12-3-5-13(21-2)6-4-12/h3-6,11,16H,7-10H2,1-2H3. The first-order valence-electron chi connectivity index (χ1n) is 7.21. The van der Waals surface area contributed by atoms with Crippen LogP contribution in [-0.4, -0.2) is 47.5 Å². The van der Waals surface area contributed by atoms with Gasteiger partial charge in [-0.3, -0.25) is 4.90 Å². The van der Waals surface area contributed by atoms with E-state index >= 15 is 0 Å².